The third-order valence-electron chi connectivity index (χ3n) is 7.79. The number of anilines is 1. The van der Waals surface area contributed by atoms with Crippen LogP contribution in [-0.2, 0) is 33.5 Å². The molecule has 0 unspecified atom stereocenters. The molecule has 0 saturated carbocycles. The number of aryl methyl sites for hydroxylation is 1. The van der Waals surface area contributed by atoms with Gasteiger partial charge in [-0.15, -0.1) is 0 Å². The highest BCUT2D eigenvalue weighted by atomic mass is 16.6. The summed E-state index contributed by atoms with van der Waals surface area (Å²) in [6.07, 6.45) is 6.32. The number of pyridine rings is 1. The Balaban J connectivity index is 1.18. The van der Waals surface area contributed by atoms with Crippen LogP contribution in [0.4, 0.5) is 10.6 Å². The predicted octanol–water partition coefficient (Wildman–Crippen LogP) is 6.73. The van der Waals surface area contributed by atoms with Crippen LogP contribution in [-0.4, -0.2) is 53.6 Å². The van der Waals surface area contributed by atoms with Gasteiger partial charge in [-0.2, -0.15) is 0 Å². The zero-order valence-corrected chi connectivity index (χ0v) is 26.3. The van der Waals surface area contributed by atoms with E-state index in [1.165, 1.54) is 0 Å². The van der Waals surface area contributed by atoms with Crippen molar-refractivity contribution in [2.45, 2.75) is 59.0 Å². The van der Waals surface area contributed by atoms with Crippen LogP contribution in [0.25, 0.3) is 16.6 Å². The molecule has 234 valence electrons. The molecule has 9 nitrogen and oxygen atoms in total. The monoisotopic (exact) mass is 609 g/mol. The Morgan fingerprint density at radius 2 is 1.89 bits per heavy atom. The number of fused-ring (bicyclic) bond motifs is 3. The van der Waals surface area contributed by atoms with Crippen LogP contribution in [0.2, 0.25) is 0 Å². The number of amides is 1. The minimum Gasteiger partial charge on any atom is -0.493 e. The van der Waals surface area contributed by atoms with Crippen LogP contribution in [0.1, 0.15) is 56.5 Å². The highest BCUT2D eigenvalue weighted by molar-refractivity contribution is 5.95. The maximum absolute atomic E-state index is 12.9. The highest BCUT2D eigenvalue weighted by Gasteiger charge is 2.28. The van der Waals surface area contributed by atoms with Gasteiger partial charge in [0.1, 0.15) is 22.9 Å². The summed E-state index contributed by atoms with van der Waals surface area (Å²) >= 11 is 0. The van der Waals surface area contributed by atoms with E-state index >= 15 is 0 Å². The summed E-state index contributed by atoms with van der Waals surface area (Å²) in [5, 5.41) is 0.978. The maximum Gasteiger partial charge on any atom is 0.416 e. The zero-order valence-electron chi connectivity index (χ0n) is 26.3. The lowest BCUT2D eigenvalue weighted by Gasteiger charge is -2.31. The molecule has 0 fully saturated rings. The van der Waals surface area contributed by atoms with Crippen molar-refractivity contribution in [1.29, 1.82) is 0 Å². The van der Waals surface area contributed by atoms with E-state index in [-0.39, 0.29) is 6.09 Å². The van der Waals surface area contributed by atoms with Gasteiger partial charge in [-0.05, 0) is 106 Å². The van der Waals surface area contributed by atoms with Gasteiger partial charge in [0.2, 0.25) is 0 Å². The molecule has 0 aliphatic carbocycles. The second-order valence-electron chi connectivity index (χ2n) is 12.2. The predicted molar refractivity (Wildman–Crippen MR) is 173 cm³/mol. The van der Waals surface area contributed by atoms with Gasteiger partial charge in [-0.1, -0.05) is 6.07 Å². The highest BCUT2D eigenvalue weighted by Crippen LogP contribution is 2.32. The fourth-order valence-corrected chi connectivity index (χ4v) is 5.74. The van der Waals surface area contributed by atoms with E-state index in [4.69, 9.17) is 23.9 Å². The zero-order chi connectivity index (χ0) is 31.6. The average molecular weight is 610 g/mol. The van der Waals surface area contributed by atoms with E-state index in [1.807, 2.05) is 74.0 Å². The van der Waals surface area contributed by atoms with Gasteiger partial charge in [-0.25, -0.2) is 14.6 Å². The van der Waals surface area contributed by atoms with E-state index in [1.54, 1.807) is 17.9 Å². The van der Waals surface area contributed by atoms with Gasteiger partial charge in [0.15, 0.2) is 0 Å². The summed E-state index contributed by atoms with van der Waals surface area (Å²) in [6.45, 7) is 9.38. The number of carbonyl (C=O) groups is 2. The third-order valence-corrected chi connectivity index (χ3v) is 7.79. The van der Waals surface area contributed by atoms with Crippen LogP contribution in [0.3, 0.4) is 0 Å². The lowest BCUT2D eigenvalue weighted by atomic mass is 10.1. The average Bonchev–Trinajstić information content (AvgIpc) is 3.65. The topological polar surface area (TPSA) is 92.1 Å². The fraction of sp³-hybridized carbons (Fsp3) is 0.361. The fourth-order valence-electron chi connectivity index (χ4n) is 5.74. The number of nitrogens with zero attached hydrogens (tertiary/aromatic N) is 3. The maximum atomic E-state index is 12.9. The summed E-state index contributed by atoms with van der Waals surface area (Å²) in [6, 6.07) is 18.0. The molecule has 2 aromatic heterocycles. The molecule has 0 atom stereocenters. The molecule has 4 heterocycles. The van der Waals surface area contributed by atoms with Gasteiger partial charge in [0.25, 0.3) is 0 Å². The van der Waals surface area contributed by atoms with E-state index < -0.39 is 11.6 Å². The summed E-state index contributed by atoms with van der Waals surface area (Å²) in [4.78, 5) is 31.9. The number of hydrogen-bond acceptors (Lipinski definition) is 7. The molecule has 1 amide bonds. The number of aromatic nitrogens is 2. The summed E-state index contributed by atoms with van der Waals surface area (Å²) in [7, 11) is 0. The standard InChI is InChI=1S/C36H39N3O6/c1-5-42-33(40)23-31(25-9-13-32-27(21-25)15-19-44-32)38-18-14-26-22-29(11-12-30(26)38)43-20-16-28-10-8-24-7-6-17-39(34(24)37-28)35(41)45-36(2,3)4/h8-14,18,21-23H,5-7,15-17,19-20H2,1-4H3. The SMILES string of the molecule is CCOC(=O)C=C(c1ccc2c(c1)CCO2)n1ccc2cc(OCCc3ccc4c(n3)N(C(=O)OC(C)(C)C)CCC4)ccc21. The molecule has 0 saturated heterocycles. The van der Waals surface area contributed by atoms with Crippen LogP contribution in [0.15, 0.2) is 66.9 Å². The molecular formula is C36H39N3O6. The molecule has 0 N–H and O–H groups in total. The Morgan fingerprint density at radius 3 is 2.71 bits per heavy atom. The first-order valence-electron chi connectivity index (χ1n) is 15.6. The van der Waals surface area contributed by atoms with E-state index in [9.17, 15) is 9.59 Å². The number of hydrogen-bond donors (Lipinski definition) is 0. The van der Waals surface area contributed by atoms with Crippen molar-refractivity contribution in [1.82, 2.24) is 9.55 Å². The Labute approximate surface area is 263 Å². The number of esters is 1. The first-order chi connectivity index (χ1) is 21.7. The molecule has 9 heteroatoms. The lowest BCUT2D eigenvalue weighted by Crippen LogP contribution is -2.40. The van der Waals surface area contributed by atoms with Crippen molar-refractivity contribution >= 4 is 34.5 Å². The molecule has 0 bridgehead atoms. The van der Waals surface area contributed by atoms with E-state index in [0.717, 1.165) is 69.7 Å². The Kier molecular flexibility index (Phi) is 8.52. The van der Waals surface area contributed by atoms with Crippen molar-refractivity contribution in [2.75, 3.05) is 31.3 Å². The molecule has 2 aliphatic heterocycles. The Hall–Kier alpha value is -4.79. The number of carbonyl (C=O) groups excluding carboxylic acids is 2. The smallest absolute Gasteiger partial charge is 0.416 e. The number of benzene rings is 2. The van der Waals surface area contributed by atoms with Gasteiger partial charge in [-0.3, -0.25) is 4.90 Å². The first-order valence-corrected chi connectivity index (χ1v) is 15.6. The normalized spacial score (nSPS) is 14.5. The molecule has 0 radical (unpaired) electrons. The van der Waals surface area contributed by atoms with E-state index in [2.05, 4.69) is 12.1 Å². The molecular weight excluding hydrogens is 570 g/mol. The van der Waals surface area contributed by atoms with Crippen molar-refractivity contribution in [3.05, 3.63) is 89.3 Å². The summed E-state index contributed by atoms with van der Waals surface area (Å²) in [5.41, 5.74) is 5.03. The minimum atomic E-state index is -0.571. The number of ether oxygens (including phenoxy) is 4. The quantitative estimate of drug-likeness (QED) is 0.162. The van der Waals surface area contributed by atoms with Crippen molar-refractivity contribution in [3.8, 4) is 11.5 Å². The second kappa shape index (κ2) is 12.7. The molecule has 45 heavy (non-hydrogen) atoms. The molecule has 2 aliphatic rings. The summed E-state index contributed by atoms with van der Waals surface area (Å²) in [5.74, 6) is 1.91. The van der Waals surface area contributed by atoms with E-state index in [0.29, 0.717) is 38.6 Å². The molecule has 2 aromatic carbocycles. The molecule has 6 rings (SSSR count). The Bertz CT molecular complexity index is 1770. The molecule has 4 aromatic rings. The summed E-state index contributed by atoms with van der Waals surface area (Å²) < 4.78 is 24.7. The van der Waals surface area contributed by atoms with Crippen LogP contribution < -0.4 is 14.4 Å². The van der Waals surface area contributed by atoms with Gasteiger partial charge in [0, 0.05) is 42.7 Å². The van der Waals surface area contributed by atoms with Crippen molar-refractivity contribution in [3.63, 3.8) is 0 Å². The second-order valence-corrected chi connectivity index (χ2v) is 12.2. The van der Waals surface area contributed by atoms with Gasteiger partial charge < -0.3 is 23.5 Å². The van der Waals surface area contributed by atoms with Crippen molar-refractivity contribution in [2.24, 2.45) is 0 Å². The first kappa shape index (κ1) is 30.2. The third kappa shape index (κ3) is 6.82. The molecule has 0 spiro atoms. The van der Waals surface area contributed by atoms with Gasteiger partial charge >= 0.3 is 12.1 Å². The lowest BCUT2D eigenvalue weighted by molar-refractivity contribution is -0.137. The van der Waals surface area contributed by atoms with Crippen molar-refractivity contribution < 1.29 is 28.5 Å². The Morgan fingerprint density at radius 1 is 1.02 bits per heavy atom. The van der Waals surface area contributed by atoms with Crippen LogP contribution >= 0.6 is 0 Å². The van der Waals surface area contributed by atoms with Gasteiger partial charge in [0.05, 0.1) is 31.0 Å². The number of rotatable bonds is 8. The minimum absolute atomic E-state index is 0.302. The van der Waals surface area contributed by atoms with Crippen LogP contribution in [0.5, 0.6) is 11.5 Å². The van der Waals surface area contributed by atoms with Crippen LogP contribution in [0, 0.1) is 0 Å². The largest absolute Gasteiger partial charge is 0.493 e.